The number of amides is 3. The quantitative estimate of drug-likeness (QED) is 0.394. The predicted molar refractivity (Wildman–Crippen MR) is 130 cm³/mol. The number of hydrogen-bond donors (Lipinski definition) is 4. The minimum absolute atomic E-state index is 0. The number of carbonyl (C=O) groups excluding carboxylic acids is 2. The van der Waals surface area contributed by atoms with Gasteiger partial charge in [0.25, 0.3) is 0 Å². The summed E-state index contributed by atoms with van der Waals surface area (Å²) in [4.78, 5) is 28.1. The fraction of sp³-hybridized carbons (Fsp3) is 0.208. The van der Waals surface area contributed by atoms with Crippen molar-refractivity contribution in [2.75, 3.05) is 18.5 Å². The number of aromatic nitrogens is 1. The number of pyridine rings is 1. The Morgan fingerprint density at radius 3 is 2.55 bits per heavy atom. The molecule has 9 heteroatoms. The molecule has 1 aromatic heterocycles. The molecule has 0 bridgehead atoms. The van der Waals surface area contributed by atoms with E-state index in [1.165, 1.54) is 0 Å². The van der Waals surface area contributed by atoms with Crippen molar-refractivity contribution in [2.24, 2.45) is 0 Å². The van der Waals surface area contributed by atoms with Crippen LogP contribution < -0.4 is 16.0 Å². The summed E-state index contributed by atoms with van der Waals surface area (Å²) in [7, 11) is 0. The normalized spacial score (nSPS) is 9.97. The topological polar surface area (TPSA) is 113 Å². The second kappa shape index (κ2) is 12.3. The Labute approximate surface area is 198 Å². The number of aliphatic hydroxyl groups is 1. The van der Waals surface area contributed by atoms with E-state index in [0.717, 1.165) is 33.0 Å². The van der Waals surface area contributed by atoms with Gasteiger partial charge in [-0.2, -0.15) is 0 Å². The zero-order valence-corrected chi connectivity index (χ0v) is 18.9. The van der Waals surface area contributed by atoms with Crippen molar-refractivity contribution in [1.29, 1.82) is 0 Å². The van der Waals surface area contributed by atoms with Crippen molar-refractivity contribution >= 4 is 41.1 Å². The molecule has 8 nitrogen and oxygen atoms in total. The van der Waals surface area contributed by atoms with Crippen LogP contribution in [0.5, 0.6) is 0 Å². The number of benzene rings is 2. The maximum Gasteiger partial charge on any atom is 0.408 e. The molecule has 3 amide bonds. The van der Waals surface area contributed by atoms with Gasteiger partial charge in [0.1, 0.15) is 5.82 Å². The number of carbonyl (C=O) groups is 2. The van der Waals surface area contributed by atoms with E-state index in [0.29, 0.717) is 12.4 Å². The summed E-state index contributed by atoms with van der Waals surface area (Å²) in [5, 5.41) is 19.0. The van der Waals surface area contributed by atoms with Crippen molar-refractivity contribution in [3.05, 3.63) is 59.8 Å². The second-order valence-corrected chi connectivity index (χ2v) is 6.86. The highest BCUT2D eigenvalue weighted by molar-refractivity contribution is 6.01. The Morgan fingerprint density at radius 1 is 1.12 bits per heavy atom. The van der Waals surface area contributed by atoms with Crippen LogP contribution in [0.3, 0.4) is 0 Å². The first-order valence-electron chi connectivity index (χ1n) is 10.1. The molecule has 0 atom stereocenters. The van der Waals surface area contributed by atoms with E-state index in [2.05, 4.69) is 26.9 Å². The monoisotopic (exact) mass is 468 g/mol. The molecule has 0 radical (unpaired) electrons. The first-order chi connectivity index (χ1) is 15.5. The number of halogens is 1. The van der Waals surface area contributed by atoms with E-state index in [1.54, 1.807) is 12.3 Å². The van der Waals surface area contributed by atoms with Crippen LogP contribution in [0.1, 0.15) is 18.1 Å². The van der Waals surface area contributed by atoms with Crippen LogP contribution in [0.4, 0.5) is 15.4 Å². The van der Waals surface area contributed by atoms with Gasteiger partial charge >= 0.3 is 12.1 Å². The van der Waals surface area contributed by atoms with Gasteiger partial charge in [-0.3, -0.25) is 5.32 Å². The van der Waals surface area contributed by atoms with Gasteiger partial charge in [-0.15, -0.1) is 18.8 Å². The zero-order chi connectivity index (χ0) is 22.9. The molecule has 172 valence electrons. The number of urea groups is 1. The molecule has 3 aromatic rings. The summed E-state index contributed by atoms with van der Waals surface area (Å²) in [6.07, 6.45) is 6.15. The van der Waals surface area contributed by atoms with Gasteiger partial charge in [-0.1, -0.05) is 42.3 Å². The maximum atomic E-state index is 11.9. The first-order valence-corrected chi connectivity index (χ1v) is 10.1. The Bertz CT molecular complexity index is 1160. The molecule has 0 spiro atoms. The molecule has 0 aliphatic heterocycles. The lowest BCUT2D eigenvalue weighted by Crippen LogP contribution is -2.28. The number of nitrogens with zero attached hydrogens (tertiary/aromatic N) is 1. The minimum Gasteiger partial charge on any atom is -0.436 e. The highest BCUT2D eigenvalue weighted by Crippen LogP contribution is 2.32. The van der Waals surface area contributed by atoms with E-state index in [-0.39, 0.29) is 38.2 Å². The molecule has 0 aliphatic carbocycles. The third-order valence-corrected chi connectivity index (χ3v) is 4.73. The largest absolute Gasteiger partial charge is 0.436 e. The highest BCUT2D eigenvalue weighted by Gasteiger charge is 2.12. The summed E-state index contributed by atoms with van der Waals surface area (Å²) in [6.45, 7) is 2.40. The van der Waals surface area contributed by atoms with Crippen LogP contribution in [0.2, 0.25) is 0 Å². The van der Waals surface area contributed by atoms with E-state index in [9.17, 15) is 14.7 Å². The van der Waals surface area contributed by atoms with Crippen molar-refractivity contribution in [3.8, 4) is 23.5 Å². The summed E-state index contributed by atoms with van der Waals surface area (Å²) < 4.78 is 4.85. The summed E-state index contributed by atoms with van der Waals surface area (Å²) in [5.74, 6) is 2.64. The molecule has 0 saturated heterocycles. The van der Waals surface area contributed by atoms with Gasteiger partial charge in [0.2, 0.25) is 0 Å². The van der Waals surface area contributed by atoms with E-state index < -0.39 is 6.09 Å². The van der Waals surface area contributed by atoms with Crippen LogP contribution in [-0.2, 0) is 17.9 Å². The van der Waals surface area contributed by atoms with E-state index in [4.69, 9.17) is 11.2 Å². The Morgan fingerprint density at radius 2 is 1.88 bits per heavy atom. The summed E-state index contributed by atoms with van der Waals surface area (Å²) in [6, 6.07) is 12.8. The number of aliphatic hydroxyl groups excluding tert-OH is 1. The molecule has 33 heavy (non-hydrogen) atoms. The number of hydrogen-bond acceptors (Lipinski definition) is 5. The standard InChI is InChI=1S/C24H24N4O4.ClH/c1-3-11-32-24(31)27-13-18-9-10-19(17-7-5-16(15-29)6-8-17)20-12-22(26-14-21(18)20)28-23(30)25-4-2;/h1,5-10,12,14,29H,4,11,13,15H2,2H3,(H,27,31)(H2,25,26,28,30);1H. The minimum atomic E-state index is -0.609. The van der Waals surface area contributed by atoms with Crippen LogP contribution in [0.25, 0.3) is 21.9 Å². The van der Waals surface area contributed by atoms with Crippen molar-refractivity contribution < 1.29 is 19.4 Å². The smallest absolute Gasteiger partial charge is 0.408 e. The number of alkyl carbamates (subject to hydrolysis) is 1. The van der Waals surface area contributed by atoms with Gasteiger partial charge < -0.3 is 20.5 Å². The van der Waals surface area contributed by atoms with E-state index >= 15 is 0 Å². The van der Waals surface area contributed by atoms with Gasteiger partial charge in [0.05, 0.1) is 6.61 Å². The molecule has 2 aromatic carbocycles. The summed E-state index contributed by atoms with van der Waals surface area (Å²) in [5.41, 5.74) is 3.50. The molecule has 0 saturated carbocycles. The van der Waals surface area contributed by atoms with Crippen molar-refractivity contribution in [3.63, 3.8) is 0 Å². The average Bonchev–Trinajstić information content (AvgIpc) is 2.81. The average molecular weight is 469 g/mol. The molecule has 0 aliphatic rings. The fourth-order valence-corrected chi connectivity index (χ4v) is 3.21. The van der Waals surface area contributed by atoms with Crippen LogP contribution in [0, 0.1) is 12.3 Å². The number of rotatable bonds is 7. The predicted octanol–water partition coefficient (Wildman–Crippen LogP) is 3.82. The lowest BCUT2D eigenvalue weighted by molar-refractivity contribution is 0.159. The second-order valence-electron chi connectivity index (χ2n) is 6.86. The molecule has 1 heterocycles. The van der Waals surface area contributed by atoms with Crippen LogP contribution >= 0.6 is 12.4 Å². The van der Waals surface area contributed by atoms with Crippen LogP contribution in [0.15, 0.2) is 48.7 Å². The zero-order valence-electron chi connectivity index (χ0n) is 18.1. The molecular formula is C24H25ClN4O4. The highest BCUT2D eigenvalue weighted by atomic mass is 35.5. The molecule has 4 N–H and O–H groups in total. The van der Waals surface area contributed by atoms with Crippen molar-refractivity contribution in [2.45, 2.75) is 20.1 Å². The van der Waals surface area contributed by atoms with Crippen LogP contribution in [-0.4, -0.2) is 35.4 Å². The number of nitrogens with one attached hydrogen (secondary N) is 3. The van der Waals surface area contributed by atoms with Gasteiger partial charge in [0, 0.05) is 24.7 Å². The Kier molecular flexibility index (Phi) is 9.48. The number of terminal acetylenes is 1. The number of anilines is 1. The number of fused-ring (bicyclic) bond motifs is 1. The first kappa shape index (κ1) is 25.5. The molecular weight excluding hydrogens is 444 g/mol. The Balaban J connectivity index is 0.00000385. The van der Waals surface area contributed by atoms with Crippen molar-refractivity contribution in [1.82, 2.24) is 15.6 Å². The molecule has 0 unspecified atom stereocenters. The summed E-state index contributed by atoms with van der Waals surface area (Å²) >= 11 is 0. The molecule has 0 fully saturated rings. The van der Waals surface area contributed by atoms with Gasteiger partial charge in [-0.25, -0.2) is 14.6 Å². The van der Waals surface area contributed by atoms with E-state index in [1.807, 2.05) is 43.3 Å². The number of ether oxygens (including phenoxy) is 1. The van der Waals surface area contributed by atoms with Gasteiger partial charge in [-0.05, 0) is 40.6 Å². The lowest BCUT2D eigenvalue weighted by atomic mass is 9.95. The SMILES string of the molecule is C#CCOC(=O)NCc1ccc(-c2ccc(CO)cc2)c2cc(NC(=O)NCC)ncc12.Cl. The molecule has 3 rings (SSSR count). The lowest BCUT2D eigenvalue weighted by Gasteiger charge is -2.14. The van der Waals surface area contributed by atoms with Gasteiger partial charge in [0.15, 0.2) is 6.61 Å². The fourth-order valence-electron chi connectivity index (χ4n) is 3.21. The third-order valence-electron chi connectivity index (χ3n) is 4.73. The maximum absolute atomic E-state index is 11.9. The Hall–Kier alpha value is -3.80. The third kappa shape index (κ3) is 6.59.